The summed E-state index contributed by atoms with van der Waals surface area (Å²) in [5.41, 5.74) is 14.8. The lowest BCUT2D eigenvalue weighted by molar-refractivity contribution is 0.306. The molecule has 88 valence electrons. The molecule has 0 aliphatic rings. The molecule has 0 aromatic heterocycles. The van der Waals surface area contributed by atoms with Crippen LogP contribution in [0.15, 0.2) is 42.5 Å². The van der Waals surface area contributed by atoms with E-state index in [1.807, 2.05) is 18.2 Å². The van der Waals surface area contributed by atoms with Gasteiger partial charge in [0.2, 0.25) is 0 Å². The Balaban J connectivity index is 2.05. The normalized spacial score (nSPS) is 10.2. The molecule has 0 spiro atoms. The minimum atomic E-state index is 0.533. The van der Waals surface area contributed by atoms with Crippen molar-refractivity contribution in [1.82, 2.24) is 0 Å². The van der Waals surface area contributed by atoms with E-state index in [0.29, 0.717) is 18.0 Å². The monoisotopic (exact) mass is 228 g/mol. The van der Waals surface area contributed by atoms with Gasteiger partial charge in [-0.05, 0) is 24.6 Å². The van der Waals surface area contributed by atoms with Crippen molar-refractivity contribution in [2.24, 2.45) is 0 Å². The van der Waals surface area contributed by atoms with Crippen molar-refractivity contribution < 1.29 is 4.74 Å². The molecule has 3 nitrogen and oxygen atoms in total. The second kappa shape index (κ2) is 4.78. The predicted molar refractivity (Wildman–Crippen MR) is 70.8 cm³/mol. The van der Waals surface area contributed by atoms with Gasteiger partial charge in [0, 0.05) is 6.07 Å². The van der Waals surface area contributed by atoms with E-state index >= 15 is 0 Å². The first kappa shape index (κ1) is 11.3. The zero-order valence-electron chi connectivity index (χ0n) is 9.81. The van der Waals surface area contributed by atoms with Gasteiger partial charge in [0.05, 0.1) is 11.4 Å². The third-order valence-electron chi connectivity index (χ3n) is 2.55. The Morgan fingerprint density at radius 3 is 2.53 bits per heavy atom. The van der Waals surface area contributed by atoms with E-state index in [2.05, 4.69) is 19.1 Å². The van der Waals surface area contributed by atoms with Crippen LogP contribution in [0.5, 0.6) is 5.75 Å². The summed E-state index contributed by atoms with van der Waals surface area (Å²) in [5.74, 6) is 0.734. The number of aryl methyl sites for hydroxylation is 1. The quantitative estimate of drug-likeness (QED) is 0.794. The molecule has 4 N–H and O–H groups in total. The molecule has 0 aliphatic carbocycles. The lowest BCUT2D eigenvalue weighted by atomic mass is 10.1. The Morgan fingerprint density at radius 1 is 1.00 bits per heavy atom. The Bertz CT molecular complexity index is 523. The van der Waals surface area contributed by atoms with Gasteiger partial charge in [0.25, 0.3) is 0 Å². The molecular weight excluding hydrogens is 212 g/mol. The molecule has 2 aromatic carbocycles. The molecule has 0 unspecified atom stereocenters. The van der Waals surface area contributed by atoms with Gasteiger partial charge in [-0.15, -0.1) is 0 Å². The first-order chi connectivity index (χ1) is 8.15. The summed E-state index contributed by atoms with van der Waals surface area (Å²) < 4.78 is 5.65. The maximum Gasteiger partial charge on any atom is 0.122 e. The standard InChI is InChI=1S/C14H16N2O/c1-10-3-2-4-11(7-10)9-17-12-5-6-13(15)14(16)8-12/h2-8H,9,15-16H2,1H3. The van der Waals surface area contributed by atoms with Gasteiger partial charge >= 0.3 is 0 Å². The van der Waals surface area contributed by atoms with Crippen molar-refractivity contribution in [2.45, 2.75) is 13.5 Å². The average molecular weight is 228 g/mol. The number of nitrogens with two attached hydrogens (primary N) is 2. The molecule has 0 atom stereocenters. The van der Waals surface area contributed by atoms with Crippen LogP contribution in [0.1, 0.15) is 11.1 Å². The second-order valence-electron chi connectivity index (χ2n) is 4.07. The minimum absolute atomic E-state index is 0.533. The maximum atomic E-state index is 5.71. The molecule has 0 heterocycles. The number of hydrogen-bond acceptors (Lipinski definition) is 3. The number of rotatable bonds is 3. The molecule has 2 rings (SSSR count). The fraction of sp³-hybridized carbons (Fsp3) is 0.143. The van der Waals surface area contributed by atoms with Crippen LogP contribution in [0.4, 0.5) is 11.4 Å². The number of nitrogen functional groups attached to an aromatic ring is 2. The van der Waals surface area contributed by atoms with Crippen LogP contribution < -0.4 is 16.2 Å². The van der Waals surface area contributed by atoms with Crippen molar-refractivity contribution in [2.75, 3.05) is 11.5 Å². The third-order valence-corrected chi connectivity index (χ3v) is 2.55. The van der Waals surface area contributed by atoms with Crippen molar-refractivity contribution in [3.63, 3.8) is 0 Å². The van der Waals surface area contributed by atoms with Gasteiger partial charge in [0.15, 0.2) is 0 Å². The van der Waals surface area contributed by atoms with Gasteiger partial charge < -0.3 is 16.2 Å². The first-order valence-electron chi connectivity index (χ1n) is 5.48. The molecule has 0 bridgehead atoms. The summed E-state index contributed by atoms with van der Waals surface area (Å²) in [5, 5.41) is 0. The van der Waals surface area contributed by atoms with Crippen LogP contribution in [0.3, 0.4) is 0 Å². The molecule has 17 heavy (non-hydrogen) atoms. The van der Waals surface area contributed by atoms with Gasteiger partial charge in [-0.3, -0.25) is 0 Å². The van der Waals surface area contributed by atoms with Gasteiger partial charge in [-0.2, -0.15) is 0 Å². The van der Waals surface area contributed by atoms with E-state index < -0.39 is 0 Å². The van der Waals surface area contributed by atoms with E-state index in [4.69, 9.17) is 16.2 Å². The number of hydrogen-bond donors (Lipinski definition) is 2. The van der Waals surface area contributed by atoms with Crippen molar-refractivity contribution in [1.29, 1.82) is 0 Å². The lowest BCUT2D eigenvalue weighted by Crippen LogP contribution is -1.98. The summed E-state index contributed by atoms with van der Waals surface area (Å²) in [6, 6.07) is 13.5. The van der Waals surface area contributed by atoms with Crippen LogP contribution >= 0.6 is 0 Å². The van der Waals surface area contributed by atoms with Crippen LogP contribution in [-0.2, 0) is 6.61 Å². The SMILES string of the molecule is Cc1cccc(COc2ccc(N)c(N)c2)c1. The minimum Gasteiger partial charge on any atom is -0.489 e. The average Bonchev–Trinajstić information content (AvgIpc) is 2.31. The Hall–Kier alpha value is -2.16. The van der Waals surface area contributed by atoms with Crippen LogP contribution in [0.25, 0.3) is 0 Å². The summed E-state index contributed by atoms with van der Waals surface area (Å²) in [4.78, 5) is 0. The smallest absolute Gasteiger partial charge is 0.122 e. The van der Waals surface area contributed by atoms with Crippen molar-refractivity contribution in [3.8, 4) is 5.75 Å². The van der Waals surface area contributed by atoms with Crippen LogP contribution in [0, 0.1) is 6.92 Å². The summed E-state index contributed by atoms with van der Waals surface area (Å²) in [7, 11) is 0. The summed E-state index contributed by atoms with van der Waals surface area (Å²) in [6.07, 6.45) is 0. The number of anilines is 2. The van der Waals surface area contributed by atoms with Gasteiger partial charge in [-0.1, -0.05) is 29.8 Å². The highest BCUT2D eigenvalue weighted by Crippen LogP contribution is 2.22. The van der Waals surface area contributed by atoms with E-state index in [-0.39, 0.29) is 0 Å². The van der Waals surface area contributed by atoms with E-state index in [0.717, 1.165) is 11.3 Å². The summed E-state index contributed by atoms with van der Waals surface area (Å²) in [6.45, 7) is 2.59. The lowest BCUT2D eigenvalue weighted by Gasteiger charge is -2.08. The van der Waals surface area contributed by atoms with E-state index in [1.165, 1.54) is 5.56 Å². The molecule has 0 saturated heterocycles. The highest BCUT2D eigenvalue weighted by molar-refractivity contribution is 5.65. The second-order valence-corrected chi connectivity index (χ2v) is 4.07. The van der Waals surface area contributed by atoms with Gasteiger partial charge in [-0.25, -0.2) is 0 Å². The molecule has 3 heteroatoms. The Morgan fingerprint density at radius 2 is 1.82 bits per heavy atom. The van der Waals surface area contributed by atoms with Crippen molar-refractivity contribution >= 4 is 11.4 Å². The van der Waals surface area contributed by atoms with Crippen LogP contribution in [0.2, 0.25) is 0 Å². The highest BCUT2D eigenvalue weighted by Gasteiger charge is 1.99. The largest absolute Gasteiger partial charge is 0.489 e. The molecule has 0 radical (unpaired) electrons. The Kier molecular flexibility index (Phi) is 3.19. The van der Waals surface area contributed by atoms with Crippen LogP contribution in [-0.4, -0.2) is 0 Å². The zero-order chi connectivity index (χ0) is 12.3. The highest BCUT2D eigenvalue weighted by atomic mass is 16.5. The number of benzene rings is 2. The van der Waals surface area contributed by atoms with E-state index in [1.54, 1.807) is 12.1 Å². The third kappa shape index (κ3) is 2.91. The molecule has 2 aromatic rings. The molecule has 0 saturated carbocycles. The summed E-state index contributed by atoms with van der Waals surface area (Å²) >= 11 is 0. The van der Waals surface area contributed by atoms with Gasteiger partial charge in [0.1, 0.15) is 12.4 Å². The Labute approximate surface area is 101 Å². The fourth-order valence-electron chi connectivity index (χ4n) is 1.61. The maximum absolute atomic E-state index is 5.71. The fourth-order valence-corrected chi connectivity index (χ4v) is 1.61. The number of ether oxygens (including phenoxy) is 1. The predicted octanol–water partition coefficient (Wildman–Crippen LogP) is 2.74. The molecule has 0 aliphatic heterocycles. The van der Waals surface area contributed by atoms with E-state index in [9.17, 15) is 0 Å². The topological polar surface area (TPSA) is 61.3 Å². The first-order valence-corrected chi connectivity index (χ1v) is 5.48. The zero-order valence-corrected chi connectivity index (χ0v) is 9.81. The molecule has 0 amide bonds. The molecule has 0 fully saturated rings. The van der Waals surface area contributed by atoms with Crippen molar-refractivity contribution in [3.05, 3.63) is 53.6 Å². The molecular formula is C14H16N2O.